The van der Waals surface area contributed by atoms with Gasteiger partial charge in [0.15, 0.2) is 6.10 Å². The number of esters is 3. The lowest BCUT2D eigenvalue weighted by atomic mass is 10.0. The second kappa shape index (κ2) is 60.9. The molecule has 0 rings (SSSR count). The summed E-state index contributed by atoms with van der Waals surface area (Å²) in [5.41, 5.74) is 0. The molecule has 0 aromatic rings. The van der Waals surface area contributed by atoms with Crippen molar-refractivity contribution in [3.05, 3.63) is 97.2 Å². The molecule has 0 aliphatic carbocycles. The van der Waals surface area contributed by atoms with Gasteiger partial charge in [-0.15, -0.1) is 0 Å². The number of carbonyl (C=O) groups excluding carboxylic acids is 3. The Morgan fingerprint density at radius 2 is 0.534 bits per heavy atom. The molecule has 1 unspecified atom stereocenters. The van der Waals surface area contributed by atoms with Gasteiger partial charge >= 0.3 is 17.9 Å². The maximum atomic E-state index is 12.8. The first-order valence-electron chi connectivity index (χ1n) is 30.7. The molecule has 418 valence electrons. The molecule has 0 saturated carbocycles. The van der Waals surface area contributed by atoms with E-state index in [1.165, 1.54) is 128 Å². The average Bonchev–Trinajstić information content (AvgIpc) is 3.39. The molecule has 6 heteroatoms. The number of allylic oxidation sites excluding steroid dienone is 16. The molecule has 0 saturated heterocycles. The summed E-state index contributed by atoms with van der Waals surface area (Å²) in [6.07, 6.45) is 81.2. The molecule has 0 N–H and O–H groups in total. The van der Waals surface area contributed by atoms with Crippen molar-refractivity contribution in [2.24, 2.45) is 0 Å². The summed E-state index contributed by atoms with van der Waals surface area (Å²) in [6, 6.07) is 0. The highest BCUT2D eigenvalue weighted by Gasteiger charge is 2.19. The highest BCUT2D eigenvalue weighted by atomic mass is 16.6. The van der Waals surface area contributed by atoms with Crippen LogP contribution in [-0.2, 0) is 28.6 Å². The van der Waals surface area contributed by atoms with Crippen LogP contribution in [0.15, 0.2) is 97.2 Å². The predicted octanol–water partition coefficient (Wildman–Crippen LogP) is 20.9. The second-order valence-electron chi connectivity index (χ2n) is 20.2. The molecule has 0 aliphatic heterocycles. The van der Waals surface area contributed by atoms with Crippen molar-refractivity contribution in [2.75, 3.05) is 13.2 Å². The summed E-state index contributed by atoms with van der Waals surface area (Å²) in [5, 5.41) is 0. The number of ether oxygens (including phenoxy) is 3. The molecule has 73 heavy (non-hydrogen) atoms. The van der Waals surface area contributed by atoms with Crippen LogP contribution in [0.4, 0.5) is 0 Å². The van der Waals surface area contributed by atoms with Crippen molar-refractivity contribution in [1.29, 1.82) is 0 Å². The number of rotatable bonds is 55. The van der Waals surface area contributed by atoms with Gasteiger partial charge in [-0.2, -0.15) is 0 Å². The van der Waals surface area contributed by atoms with E-state index in [0.29, 0.717) is 19.3 Å². The molecule has 0 amide bonds. The third-order valence-corrected chi connectivity index (χ3v) is 13.1. The Kier molecular flexibility index (Phi) is 57.8. The van der Waals surface area contributed by atoms with E-state index in [1.807, 2.05) is 0 Å². The fourth-order valence-electron chi connectivity index (χ4n) is 8.52. The number of unbranched alkanes of at least 4 members (excludes halogenated alkanes) is 28. The molecule has 0 aromatic heterocycles. The maximum Gasteiger partial charge on any atom is 0.306 e. The first kappa shape index (κ1) is 69.3. The Bertz CT molecular complexity index is 1440. The van der Waals surface area contributed by atoms with Crippen LogP contribution < -0.4 is 0 Å². The normalized spacial score (nSPS) is 12.8. The highest BCUT2D eigenvalue weighted by molar-refractivity contribution is 5.71. The smallest absolute Gasteiger partial charge is 0.306 e. The van der Waals surface area contributed by atoms with Gasteiger partial charge < -0.3 is 14.2 Å². The Balaban J connectivity index is 4.32. The molecule has 0 aliphatic rings. The van der Waals surface area contributed by atoms with Crippen LogP contribution >= 0.6 is 0 Å². The van der Waals surface area contributed by atoms with Gasteiger partial charge in [0.1, 0.15) is 13.2 Å². The lowest BCUT2D eigenvalue weighted by molar-refractivity contribution is -0.167. The number of hydrogen-bond donors (Lipinski definition) is 0. The van der Waals surface area contributed by atoms with Gasteiger partial charge in [-0.25, -0.2) is 0 Å². The highest BCUT2D eigenvalue weighted by Crippen LogP contribution is 2.16. The van der Waals surface area contributed by atoms with Gasteiger partial charge in [-0.05, 0) is 83.5 Å². The van der Waals surface area contributed by atoms with Crippen molar-refractivity contribution in [1.82, 2.24) is 0 Å². The fraction of sp³-hybridized carbons (Fsp3) is 0.716. The molecular formula is C67H114O6. The zero-order valence-electron chi connectivity index (χ0n) is 47.9. The first-order chi connectivity index (χ1) is 36.0. The summed E-state index contributed by atoms with van der Waals surface area (Å²) in [4.78, 5) is 38.2. The van der Waals surface area contributed by atoms with E-state index in [2.05, 4.69) is 118 Å². The molecule has 0 fully saturated rings. The largest absolute Gasteiger partial charge is 0.462 e. The zero-order chi connectivity index (χ0) is 52.9. The molecule has 6 nitrogen and oxygen atoms in total. The SMILES string of the molecule is CC/C=C\C/C=C\C/C=C\C/C=C\C/C=C\C/C=C\C/C=C\C/C=C\CCCCCCC(=O)OCC(COC(=O)CCCCCCCCCCCCCC)OC(=O)CCCCCCCCCCCCCCCC. The third kappa shape index (κ3) is 59.1. The first-order valence-corrected chi connectivity index (χ1v) is 30.7. The quantitative estimate of drug-likeness (QED) is 0.0261. The zero-order valence-corrected chi connectivity index (χ0v) is 47.9. The van der Waals surface area contributed by atoms with Crippen LogP contribution in [0.3, 0.4) is 0 Å². The van der Waals surface area contributed by atoms with E-state index in [-0.39, 0.29) is 31.1 Å². The lowest BCUT2D eigenvalue weighted by Gasteiger charge is -2.18. The molecular weight excluding hydrogens is 901 g/mol. The minimum atomic E-state index is -0.785. The van der Waals surface area contributed by atoms with Gasteiger partial charge in [-0.3, -0.25) is 14.4 Å². The van der Waals surface area contributed by atoms with E-state index >= 15 is 0 Å². The van der Waals surface area contributed by atoms with Crippen LogP contribution in [0.25, 0.3) is 0 Å². The average molecular weight is 1020 g/mol. The molecule has 1 atom stereocenters. The topological polar surface area (TPSA) is 78.9 Å². The van der Waals surface area contributed by atoms with Crippen molar-refractivity contribution >= 4 is 17.9 Å². The van der Waals surface area contributed by atoms with Gasteiger partial charge in [0.2, 0.25) is 0 Å². The monoisotopic (exact) mass is 1010 g/mol. The molecule has 0 heterocycles. The van der Waals surface area contributed by atoms with Crippen LogP contribution in [0.5, 0.6) is 0 Å². The van der Waals surface area contributed by atoms with Crippen molar-refractivity contribution in [3.63, 3.8) is 0 Å². The third-order valence-electron chi connectivity index (χ3n) is 13.1. The summed E-state index contributed by atoms with van der Waals surface area (Å²) in [6.45, 7) is 6.52. The summed E-state index contributed by atoms with van der Waals surface area (Å²) >= 11 is 0. The van der Waals surface area contributed by atoms with Gasteiger partial charge in [0.25, 0.3) is 0 Å². The molecule has 0 bridgehead atoms. The van der Waals surface area contributed by atoms with Gasteiger partial charge in [0.05, 0.1) is 0 Å². The lowest BCUT2D eigenvalue weighted by Crippen LogP contribution is -2.30. The van der Waals surface area contributed by atoms with Gasteiger partial charge in [-0.1, -0.05) is 285 Å². The standard InChI is InChI=1S/C67H114O6/c1-4-7-10-13-16-19-22-25-27-28-29-30-31-32-33-34-35-36-37-38-39-40-41-43-45-48-51-54-57-60-66(69)72-63-64(62-71-65(68)59-56-53-50-47-44-24-21-18-15-12-9-6-3)73-67(70)61-58-55-52-49-46-42-26-23-20-17-14-11-8-5-2/h7,10,16,19,25,27,29-30,32-33,35-36,38-39,41,43,64H,4-6,8-9,11-15,17-18,20-24,26,28,31,34,37,40,42,44-63H2,1-3H3/b10-7-,19-16-,27-25-,30-29-,33-32-,36-35-,39-38-,43-41-. The number of hydrogen-bond acceptors (Lipinski definition) is 6. The fourth-order valence-corrected chi connectivity index (χ4v) is 8.52. The number of carbonyl (C=O) groups is 3. The molecule has 0 spiro atoms. The Morgan fingerprint density at radius 3 is 0.836 bits per heavy atom. The van der Waals surface area contributed by atoms with Crippen molar-refractivity contribution in [3.8, 4) is 0 Å². The van der Waals surface area contributed by atoms with E-state index < -0.39 is 6.10 Å². The summed E-state index contributed by atoms with van der Waals surface area (Å²) in [5.74, 6) is -0.899. The molecule has 0 radical (unpaired) electrons. The maximum absolute atomic E-state index is 12.8. The van der Waals surface area contributed by atoms with Crippen molar-refractivity contribution in [2.45, 2.75) is 297 Å². The Morgan fingerprint density at radius 1 is 0.288 bits per heavy atom. The predicted molar refractivity (Wildman–Crippen MR) is 316 cm³/mol. The van der Waals surface area contributed by atoms with Crippen LogP contribution in [0.2, 0.25) is 0 Å². The Labute approximate surface area is 451 Å². The van der Waals surface area contributed by atoms with E-state index in [0.717, 1.165) is 122 Å². The van der Waals surface area contributed by atoms with Crippen molar-refractivity contribution < 1.29 is 28.6 Å². The van der Waals surface area contributed by atoms with Crippen LogP contribution in [0.1, 0.15) is 290 Å². The second-order valence-corrected chi connectivity index (χ2v) is 20.2. The molecule has 0 aromatic carbocycles. The van der Waals surface area contributed by atoms with Gasteiger partial charge in [0, 0.05) is 19.3 Å². The summed E-state index contributed by atoms with van der Waals surface area (Å²) in [7, 11) is 0. The van der Waals surface area contributed by atoms with E-state index in [9.17, 15) is 14.4 Å². The van der Waals surface area contributed by atoms with E-state index in [4.69, 9.17) is 14.2 Å². The Hall–Kier alpha value is -3.67. The summed E-state index contributed by atoms with van der Waals surface area (Å²) < 4.78 is 16.9. The van der Waals surface area contributed by atoms with E-state index in [1.54, 1.807) is 0 Å². The minimum absolute atomic E-state index is 0.0817. The minimum Gasteiger partial charge on any atom is -0.462 e. The van der Waals surface area contributed by atoms with Crippen LogP contribution in [-0.4, -0.2) is 37.2 Å². The van der Waals surface area contributed by atoms with Crippen LogP contribution in [0, 0.1) is 0 Å².